The van der Waals surface area contributed by atoms with Crippen LogP contribution in [-0.4, -0.2) is 28.5 Å². The molecule has 0 aromatic heterocycles. The number of fused-ring (bicyclic) bond motifs is 1. The van der Waals surface area contributed by atoms with Crippen LogP contribution in [-0.2, 0) is 24.9 Å². The fraction of sp³-hybridized carbons (Fsp3) is 0.435. The quantitative estimate of drug-likeness (QED) is 0.416. The SMILES string of the molecule is CCC1CC(C(O)Cc2cc(C(F)(F)F)cc(C(F)(F)F)c2)c2cc(C(F)(F)F)ccc2N1C(=O)O. The van der Waals surface area contributed by atoms with Crippen molar-refractivity contribution >= 4 is 11.8 Å². The Morgan fingerprint density at radius 3 is 1.89 bits per heavy atom. The number of carboxylic acid groups (broad SMARTS) is 1. The Kier molecular flexibility index (Phi) is 7.28. The van der Waals surface area contributed by atoms with E-state index in [2.05, 4.69) is 0 Å². The molecular formula is C23H20F9NO3. The molecule has 2 aromatic carbocycles. The molecule has 0 aliphatic carbocycles. The van der Waals surface area contributed by atoms with Crippen molar-refractivity contribution in [2.24, 2.45) is 0 Å². The predicted octanol–water partition coefficient (Wildman–Crippen LogP) is 7.10. The lowest BCUT2D eigenvalue weighted by Crippen LogP contribution is -2.46. The third-order valence-corrected chi connectivity index (χ3v) is 6.14. The number of nitrogens with zero attached hydrogens (tertiary/aromatic N) is 1. The van der Waals surface area contributed by atoms with E-state index in [0.29, 0.717) is 24.3 Å². The summed E-state index contributed by atoms with van der Waals surface area (Å²) in [5.74, 6) is -1.19. The largest absolute Gasteiger partial charge is 0.465 e. The number of rotatable bonds is 4. The third kappa shape index (κ3) is 5.71. The van der Waals surface area contributed by atoms with Crippen LogP contribution >= 0.6 is 0 Å². The van der Waals surface area contributed by atoms with Crippen LogP contribution in [0.4, 0.5) is 50.0 Å². The van der Waals surface area contributed by atoms with E-state index in [4.69, 9.17) is 0 Å². The van der Waals surface area contributed by atoms with Crippen LogP contribution < -0.4 is 4.90 Å². The van der Waals surface area contributed by atoms with Gasteiger partial charge in [0.15, 0.2) is 0 Å². The fourth-order valence-corrected chi connectivity index (χ4v) is 4.46. The van der Waals surface area contributed by atoms with Crippen molar-refractivity contribution < 1.29 is 54.5 Å². The molecule has 0 radical (unpaired) electrons. The van der Waals surface area contributed by atoms with Crippen molar-refractivity contribution in [2.45, 2.75) is 62.8 Å². The molecule has 3 atom stereocenters. The summed E-state index contributed by atoms with van der Waals surface area (Å²) in [6.45, 7) is 1.60. The second kappa shape index (κ2) is 9.49. The summed E-state index contributed by atoms with van der Waals surface area (Å²) in [6.07, 6.45) is -18.9. The number of carbonyl (C=O) groups is 1. The Hall–Kier alpha value is -2.96. The van der Waals surface area contributed by atoms with Crippen LogP contribution in [0.15, 0.2) is 36.4 Å². The van der Waals surface area contributed by atoms with E-state index in [1.165, 1.54) is 0 Å². The van der Waals surface area contributed by atoms with Gasteiger partial charge < -0.3 is 10.2 Å². The first kappa shape index (κ1) is 27.6. The Labute approximate surface area is 198 Å². The van der Waals surface area contributed by atoms with Gasteiger partial charge in [-0.15, -0.1) is 0 Å². The summed E-state index contributed by atoms with van der Waals surface area (Å²) in [5.41, 5.74) is -5.20. The number of anilines is 1. The molecule has 198 valence electrons. The molecule has 0 bridgehead atoms. The number of benzene rings is 2. The molecule has 1 heterocycles. The van der Waals surface area contributed by atoms with Gasteiger partial charge in [0.25, 0.3) is 0 Å². The van der Waals surface area contributed by atoms with Gasteiger partial charge in [-0.3, -0.25) is 4.90 Å². The minimum atomic E-state index is -5.12. The molecule has 4 nitrogen and oxygen atoms in total. The molecular weight excluding hydrogens is 509 g/mol. The summed E-state index contributed by atoms with van der Waals surface area (Å²) in [4.78, 5) is 12.7. The number of amides is 1. The van der Waals surface area contributed by atoms with Gasteiger partial charge in [0.2, 0.25) is 0 Å². The minimum absolute atomic E-state index is 0.0702. The van der Waals surface area contributed by atoms with Gasteiger partial charge >= 0.3 is 24.6 Å². The molecule has 0 fully saturated rings. The summed E-state index contributed by atoms with van der Waals surface area (Å²) in [7, 11) is 0. The van der Waals surface area contributed by atoms with Crippen LogP contribution in [0.25, 0.3) is 0 Å². The van der Waals surface area contributed by atoms with Crippen LogP contribution in [0, 0.1) is 0 Å². The number of hydrogen-bond donors (Lipinski definition) is 2. The Morgan fingerprint density at radius 1 is 0.917 bits per heavy atom. The minimum Gasteiger partial charge on any atom is -0.465 e. The van der Waals surface area contributed by atoms with Gasteiger partial charge in [-0.2, -0.15) is 39.5 Å². The number of halogens is 9. The number of alkyl halides is 9. The number of aliphatic hydroxyl groups excluding tert-OH is 1. The molecule has 3 unspecified atom stereocenters. The molecule has 0 saturated heterocycles. The van der Waals surface area contributed by atoms with Crippen molar-refractivity contribution in [3.8, 4) is 0 Å². The maximum atomic E-state index is 13.3. The first-order valence-corrected chi connectivity index (χ1v) is 10.6. The van der Waals surface area contributed by atoms with Crippen LogP contribution in [0.5, 0.6) is 0 Å². The molecule has 13 heteroatoms. The maximum absolute atomic E-state index is 13.3. The van der Waals surface area contributed by atoms with Crippen molar-refractivity contribution in [2.75, 3.05) is 4.90 Å². The third-order valence-electron chi connectivity index (χ3n) is 6.14. The Bertz CT molecular complexity index is 1090. The lowest BCUT2D eigenvalue weighted by atomic mass is 9.79. The lowest BCUT2D eigenvalue weighted by Gasteiger charge is -2.41. The second-order valence-corrected chi connectivity index (χ2v) is 8.51. The zero-order valence-electron chi connectivity index (χ0n) is 18.5. The van der Waals surface area contributed by atoms with Crippen molar-refractivity contribution in [1.82, 2.24) is 0 Å². The standard InChI is InChI=1S/C23H20F9NO3/c1-2-15-10-17(16-9-12(21(24,25)26)3-4-18(16)33(15)20(35)36)19(34)7-11-5-13(22(27,28)29)8-14(6-11)23(30,31)32/h3-6,8-9,15,17,19,34H,2,7,10H2,1H3,(H,35,36). The fourth-order valence-electron chi connectivity index (χ4n) is 4.46. The normalized spacial score (nSPS) is 19.7. The van der Waals surface area contributed by atoms with Crippen molar-refractivity contribution in [3.63, 3.8) is 0 Å². The molecule has 1 aliphatic rings. The van der Waals surface area contributed by atoms with Crippen LogP contribution in [0.1, 0.15) is 53.5 Å². The monoisotopic (exact) mass is 529 g/mol. The first-order chi connectivity index (χ1) is 16.4. The van der Waals surface area contributed by atoms with E-state index >= 15 is 0 Å². The highest BCUT2D eigenvalue weighted by Crippen LogP contribution is 2.45. The molecule has 2 N–H and O–H groups in total. The molecule has 1 amide bonds. The van der Waals surface area contributed by atoms with Crippen molar-refractivity contribution in [3.05, 3.63) is 64.2 Å². The average molecular weight is 529 g/mol. The van der Waals surface area contributed by atoms with Gasteiger partial charge in [-0.05, 0) is 66.8 Å². The van der Waals surface area contributed by atoms with Gasteiger partial charge in [0.1, 0.15) is 0 Å². The molecule has 0 spiro atoms. The highest BCUT2D eigenvalue weighted by Gasteiger charge is 2.41. The van der Waals surface area contributed by atoms with Crippen molar-refractivity contribution in [1.29, 1.82) is 0 Å². The molecule has 36 heavy (non-hydrogen) atoms. The van der Waals surface area contributed by atoms with Gasteiger partial charge in [-0.25, -0.2) is 4.79 Å². The molecule has 2 aromatic rings. The van der Waals surface area contributed by atoms with Crippen LogP contribution in [0.3, 0.4) is 0 Å². The number of aliphatic hydroxyl groups is 1. The zero-order chi connectivity index (χ0) is 27.2. The number of hydrogen-bond acceptors (Lipinski definition) is 2. The van der Waals surface area contributed by atoms with E-state index in [-0.39, 0.29) is 30.2 Å². The molecule has 1 aliphatic heterocycles. The van der Waals surface area contributed by atoms with E-state index in [9.17, 15) is 54.5 Å². The maximum Gasteiger partial charge on any atom is 0.416 e. The lowest BCUT2D eigenvalue weighted by molar-refractivity contribution is -0.143. The second-order valence-electron chi connectivity index (χ2n) is 8.51. The smallest absolute Gasteiger partial charge is 0.416 e. The molecule has 3 rings (SSSR count). The predicted molar refractivity (Wildman–Crippen MR) is 110 cm³/mol. The Morgan fingerprint density at radius 2 is 1.44 bits per heavy atom. The van der Waals surface area contributed by atoms with E-state index in [0.717, 1.165) is 11.0 Å². The summed E-state index contributed by atoms with van der Waals surface area (Å²) < 4.78 is 119. The highest BCUT2D eigenvalue weighted by molar-refractivity contribution is 5.89. The average Bonchev–Trinajstić information content (AvgIpc) is 2.75. The van der Waals surface area contributed by atoms with E-state index in [1.807, 2.05) is 0 Å². The van der Waals surface area contributed by atoms with E-state index < -0.39 is 71.4 Å². The van der Waals surface area contributed by atoms with E-state index in [1.54, 1.807) is 6.92 Å². The zero-order valence-corrected chi connectivity index (χ0v) is 18.5. The van der Waals surface area contributed by atoms with Gasteiger partial charge in [0, 0.05) is 12.0 Å². The highest BCUT2D eigenvalue weighted by atomic mass is 19.4. The van der Waals surface area contributed by atoms with Crippen LogP contribution in [0.2, 0.25) is 0 Å². The Balaban J connectivity index is 2.08. The molecule has 0 saturated carbocycles. The first-order valence-electron chi connectivity index (χ1n) is 10.6. The van der Waals surface area contributed by atoms with Gasteiger partial charge in [-0.1, -0.05) is 6.92 Å². The summed E-state index contributed by atoms with van der Waals surface area (Å²) >= 11 is 0. The topological polar surface area (TPSA) is 60.8 Å². The summed E-state index contributed by atoms with van der Waals surface area (Å²) in [6, 6.07) is 2.26. The van der Waals surface area contributed by atoms with Gasteiger partial charge in [0.05, 0.1) is 28.5 Å². The summed E-state index contributed by atoms with van der Waals surface area (Å²) in [5, 5.41) is 20.5.